The van der Waals surface area contributed by atoms with Crippen molar-refractivity contribution in [2.75, 3.05) is 7.11 Å². The van der Waals surface area contributed by atoms with Crippen LogP contribution in [0, 0.1) is 5.41 Å². The summed E-state index contributed by atoms with van der Waals surface area (Å²) in [5.41, 5.74) is -0.228. The number of hydrogen-bond donors (Lipinski definition) is 2. The number of aliphatic hydroxyl groups excluding tert-OH is 1. The van der Waals surface area contributed by atoms with Crippen LogP contribution in [0.3, 0.4) is 0 Å². The molecule has 4 heteroatoms. The zero-order chi connectivity index (χ0) is 15.6. The topological polar surface area (TPSA) is 66.8 Å². The van der Waals surface area contributed by atoms with Gasteiger partial charge >= 0.3 is 5.97 Å². The number of ether oxygens (including phenoxy) is 1. The van der Waals surface area contributed by atoms with E-state index < -0.39 is 23.1 Å². The van der Waals surface area contributed by atoms with Crippen LogP contribution in [0.2, 0.25) is 0 Å². The first-order valence-electron chi connectivity index (χ1n) is 6.67. The lowest BCUT2D eigenvalue weighted by molar-refractivity contribution is -0.134. The highest BCUT2D eigenvalue weighted by Gasteiger charge is 2.46. The van der Waals surface area contributed by atoms with Crippen LogP contribution < -0.4 is 0 Å². The molecular weight excluding hydrogens is 256 g/mol. The van der Waals surface area contributed by atoms with Crippen molar-refractivity contribution in [1.29, 1.82) is 0 Å². The van der Waals surface area contributed by atoms with E-state index >= 15 is 0 Å². The van der Waals surface area contributed by atoms with E-state index in [4.69, 9.17) is 0 Å². The number of carbonyl (C=O) groups excluding carboxylic acids is 1. The Morgan fingerprint density at radius 1 is 1.50 bits per heavy atom. The minimum atomic E-state index is -1.14. The van der Waals surface area contributed by atoms with Crippen molar-refractivity contribution in [2.24, 2.45) is 5.41 Å². The van der Waals surface area contributed by atoms with Crippen molar-refractivity contribution < 1.29 is 19.7 Å². The molecule has 0 unspecified atom stereocenters. The summed E-state index contributed by atoms with van der Waals surface area (Å²) < 4.78 is 4.56. The second-order valence-corrected chi connectivity index (χ2v) is 6.02. The molecule has 112 valence electrons. The number of allylic oxidation sites excluding steroid dienone is 2. The van der Waals surface area contributed by atoms with Crippen LogP contribution >= 0.6 is 0 Å². The summed E-state index contributed by atoms with van der Waals surface area (Å²) >= 11 is 0. The smallest absolute Gasteiger partial charge is 0.330 e. The van der Waals surface area contributed by atoms with Gasteiger partial charge in [-0.25, -0.2) is 4.79 Å². The average Bonchev–Trinajstić information content (AvgIpc) is 2.32. The van der Waals surface area contributed by atoms with Crippen molar-refractivity contribution in [2.45, 2.75) is 45.8 Å². The summed E-state index contributed by atoms with van der Waals surface area (Å²) in [7, 11) is 1.32. The number of rotatable bonds is 3. The lowest BCUT2D eigenvalue weighted by Crippen LogP contribution is -2.48. The molecule has 0 bridgehead atoms. The number of methoxy groups -OCH3 is 1. The molecule has 0 heterocycles. The van der Waals surface area contributed by atoms with Gasteiger partial charge in [-0.1, -0.05) is 26.0 Å². The molecule has 0 aromatic rings. The SMILES string of the molecule is COC(=O)/C=C(C)\C=C\[C@@]1(O)C(C)=C[C@@H](O)CC1(C)C. The Labute approximate surface area is 120 Å². The van der Waals surface area contributed by atoms with E-state index in [1.165, 1.54) is 13.2 Å². The maximum Gasteiger partial charge on any atom is 0.330 e. The number of aliphatic hydroxyl groups is 2. The Morgan fingerprint density at radius 3 is 2.60 bits per heavy atom. The first kappa shape index (κ1) is 16.7. The van der Waals surface area contributed by atoms with Crippen LogP contribution in [0.15, 0.2) is 35.5 Å². The zero-order valence-corrected chi connectivity index (χ0v) is 12.8. The Hall–Kier alpha value is -1.39. The monoisotopic (exact) mass is 280 g/mol. The third-order valence-corrected chi connectivity index (χ3v) is 3.93. The number of carbonyl (C=O) groups is 1. The predicted octanol–water partition coefficient (Wildman–Crippen LogP) is 2.13. The fourth-order valence-corrected chi connectivity index (χ4v) is 2.59. The van der Waals surface area contributed by atoms with Crippen molar-refractivity contribution in [3.8, 4) is 0 Å². The van der Waals surface area contributed by atoms with Crippen molar-refractivity contribution in [1.82, 2.24) is 0 Å². The minimum Gasteiger partial charge on any atom is -0.466 e. The van der Waals surface area contributed by atoms with E-state index in [0.717, 1.165) is 0 Å². The molecule has 0 saturated carbocycles. The van der Waals surface area contributed by atoms with Gasteiger partial charge in [-0.05, 0) is 37.5 Å². The molecule has 0 radical (unpaired) electrons. The quantitative estimate of drug-likeness (QED) is 0.360. The molecule has 1 aliphatic rings. The fraction of sp³-hybridized carbons (Fsp3) is 0.562. The van der Waals surface area contributed by atoms with Gasteiger partial charge in [0.05, 0.1) is 13.2 Å². The standard InChI is InChI=1S/C16H24O4/c1-11(8-14(18)20-5)6-7-16(19)12(2)9-13(17)10-15(16,3)4/h6-9,13,17,19H,10H2,1-5H3/b7-6+,11-8-/t13-,16-/m1/s1. The van der Waals surface area contributed by atoms with Crippen LogP contribution in [0.5, 0.6) is 0 Å². The molecule has 1 rings (SSSR count). The van der Waals surface area contributed by atoms with E-state index in [0.29, 0.717) is 17.6 Å². The van der Waals surface area contributed by atoms with Crippen molar-refractivity contribution in [3.63, 3.8) is 0 Å². The van der Waals surface area contributed by atoms with Crippen LogP contribution in [0.1, 0.15) is 34.1 Å². The second-order valence-electron chi connectivity index (χ2n) is 6.02. The molecule has 4 nitrogen and oxygen atoms in total. The van der Waals surface area contributed by atoms with E-state index in [2.05, 4.69) is 4.74 Å². The first-order chi connectivity index (χ1) is 9.12. The van der Waals surface area contributed by atoms with Gasteiger partial charge in [0, 0.05) is 11.5 Å². The summed E-state index contributed by atoms with van der Waals surface area (Å²) in [4.78, 5) is 11.1. The van der Waals surface area contributed by atoms with Gasteiger partial charge in [0.2, 0.25) is 0 Å². The van der Waals surface area contributed by atoms with Gasteiger partial charge in [0.25, 0.3) is 0 Å². The molecule has 0 spiro atoms. The Morgan fingerprint density at radius 2 is 2.10 bits per heavy atom. The molecule has 0 aromatic heterocycles. The molecule has 1 aliphatic carbocycles. The van der Waals surface area contributed by atoms with Crippen LogP contribution in [-0.4, -0.2) is 35.0 Å². The van der Waals surface area contributed by atoms with Crippen LogP contribution in [0.25, 0.3) is 0 Å². The summed E-state index contributed by atoms with van der Waals surface area (Å²) in [6, 6.07) is 0. The molecule has 0 saturated heterocycles. The van der Waals surface area contributed by atoms with Crippen LogP contribution in [-0.2, 0) is 9.53 Å². The molecule has 0 aliphatic heterocycles. The highest BCUT2D eigenvalue weighted by atomic mass is 16.5. The lowest BCUT2D eigenvalue weighted by Gasteiger charge is -2.46. The van der Waals surface area contributed by atoms with E-state index in [-0.39, 0.29) is 0 Å². The molecule has 0 fully saturated rings. The maximum absolute atomic E-state index is 11.1. The van der Waals surface area contributed by atoms with E-state index in [1.54, 1.807) is 32.1 Å². The molecular formula is C16H24O4. The minimum absolute atomic E-state index is 0.426. The largest absolute Gasteiger partial charge is 0.466 e. The molecule has 2 atom stereocenters. The average molecular weight is 280 g/mol. The van der Waals surface area contributed by atoms with Crippen molar-refractivity contribution in [3.05, 3.63) is 35.5 Å². The van der Waals surface area contributed by atoms with Crippen molar-refractivity contribution >= 4 is 5.97 Å². The highest BCUT2D eigenvalue weighted by Crippen LogP contribution is 2.45. The summed E-state index contributed by atoms with van der Waals surface area (Å²) in [6.45, 7) is 7.39. The second kappa shape index (κ2) is 5.94. The maximum atomic E-state index is 11.1. The van der Waals surface area contributed by atoms with Gasteiger partial charge in [-0.15, -0.1) is 0 Å². The van der Waals surface area contributed by atoms with Gasteiger partial charge < -0.3 is 14.9 Å². The molecule has 2 N–H and O–H groups in total. The Bertz CT molecular complexity index is 471. The van der Waals surface area contributed by atoms with Crippen LogP contribution in [0.4, 0.5) is 0 Å². The van der Waals surface area contributed by atoms with E-state index in [9.17, 15) is 15.0 Å². The molecule has 20 heavy (non-hydrogen) atoms. The number of hydrogen-bond acceptors (Lipinski definition) is 4. The summed E-state index contributed by atoms with van der Waals surface area (Å²) in [6.07, 6.45) is 6.36. The lowest BCUT2D eigenvalue weighted by atomic mass is 9.64. The third kappa shape index (κ3) is 3.38. The normalized spacial score (nSPS) is 30.2. The van der Waals surface area contributed by atoms with Gasteiger partial charge in [0.1, 0.15) is 5.60 Å². The van der Waals surface area contributed by atoms with Gasteiger partial charge in [-0.2, -0.15) is 0 Å². The number of esters is 1. The van der Waals surface area contributed by atoms with E-state index in [1.807, 2.05) is 13.8 Å². The third-order valence-electron chi connectivity index (χ3n) is 3.93. The first-order valence-corrected chi connectivity index (χ1v) is 6.67. The van der Waals surface area contributed by atoms with Gasteiger partial charge in [0.15, 0.2) is 0 Å². The Balaban J connectivity index is 3.07. The molecule has 0 amide bonds. The summed E-state index contributed by atoms with van der Waals surface area (Å²) in [5.74, 6) is -0.426. The highest BCUT2D eigenvalue weighted by molar-refractivity contribution is 5.83. The Kier molecular flexibility index (Phi) is 4.95. The fourth-order valence-electron chi connectivity index (χ4n) is 2.59. The molecule has 0 aromatic carbocycles. The zero-order valence-electron chi connectivity index (χ0n) is 12.8. The van der Waals surface area contributed by atoms with Gasteiger partial charge in [-0.3, -0.25) is 0 Å². The summed E-state index contributed by atoms with van der Waals surface area (Å²) in [5, 5.41) is 20.7. The predicted molar refractivity (Wildman–Crippen MR) is 78.0 cm³/mol.